The molecule has 1 aliphatic rings. The van der Waals surface area contributed by atoms with Crippen LogP contribution in [0.25, 0.3) is 0 Å². The summed E-state index contributed by atoms with van der Waals surface area (Å²) in [7, 11) is 0. The number of ketones is 3. The third-order valence-corrected chi connectivity index (χ3v) is 4.21. The zero-order valence-corrected chi connectivity index (χ0v) is 12.4. The van der Waals surface area contributed by atoms with Crippen molar-refractivity contribution in [3.05, 3.63) is 30.1 Å². The summed E-state index contributed by atoms with van der Waals surface area (Å²) in [5, 5.41) is 10.5. The molecular formula is C16H19NO4. The highest BCUT2D eigenvalue weighted by molar-refractivity contribution is 6.05. The van der Waals surface area contributed by atoms with Crippen LogP contribution in [-0.4, -0.2) is 33.0 Å². The molecule has 21 heavy (non-hydrogen) atoms. The van der Waals surface area contributed by atoms with Gasteiger partial charge >= 0.3 is 0 Å². The Hall–Kier alpha value is -1.88. The van der Waals surface area contributed by atoms with E-state index in [0.717, 1.165) is 0 Å². The topological polar surface area (TPSA) is 84.3 Å². The van der Waals surface area contributed by atoms with Crippen LogP contribution in [0.3, 0.4) is 0 Å². The zero-order chi connectivity index (χ0) is 15.8. The second-order valence-corrected chi connectivity index (χ2v) is 5.99. The Bertz CT molecular complexity index is 579. The third kappa shape index (κ3) is 2.78. The van der Waals surface area contributed by atoms with Crippen molar-refractivity contribution in [2.24, 2.45) is 11.8 Å². The van der Waals surface area contributed by atoms with Gasteiger partial charge in [0, 0.05) is 24.7 Å². The van der Waals surface area contributed by atoms with E-state index >= 15 is 0 Å². The highest BCUT2D eigenvalue weighted by atomic mass is 16.3. The second kappa shape index (κ2) is 5.48. The first-order valence-electron chi connectivity index (χ1n) is 6.91. The van der Waals surface area contributed by atoms with Crippen molar-refractivity contribution in [1.29, 1.82) is 0 Å². The summed E-state index contributed by atoms with van der Waals surface area (Å²) in [4.78, 5) is 40.3. The summed E-state index contributed by atoms with van der Waals surface area (Å²) in [6.07, 6.45) is 2.95. The van der Waals surface area contributed by atoms with Crippen molar-refractivity contribution < 1.29 is 19.5 Å². The third-order valence-electron chi connectivity index (χ3n) is 4.21. The van der Waals surface area contributed by atoms with Gasteiger partial charge in [-0.2, -0.15) is 0 Å². The van der Waals surface area contributed by atoms with Crippen molar-refractivity contribution in [1.82, 2.24) is 4.98 Å². The first-order valence-corrected chi connectivity index (χ1v) is 6.91. The maximum absolute atomic E-state index is 12.3. The van der Waals surface area contributed by atoms with Crippen molar-refractivity contribution in [3.63, 3.8) is 0 Å². The lowest BCUT2D eigenvalue weighted by atomic mass is 9.60. The van der Waals surface area contributed by atoms with Gasteiger partial charge in [-0.15, -0.1) is 0 Å². The molecule has 4 atom stereocenters. The molecule has 0 saturated heterocycles. The molecule has 5 heteroatoms. The van der Waals surface area contributed by atoms with E-state index in [1.54, 1.807) is 24.5 Å². The van der Waals surface area contributed by atoms with Crippen LogP contribution >= 0.6 is 0 Å². The van der Waals surface area contributed by atoms with Gasteiger partial charge in [-0.05, 0) is 32.4 Å². The van der Waals surface area contributed by atoms with Crippen LogP contribution in [0.15, 0.2) is 24.5 Å². The summed E-state index contributed by atoms with van der Waals surface area (Å²) in [6.45, 7) is 4.22. The predicted octanol–water partition coefficient (Wildman–Crippen LogP) is 1.30. The molecule has 0 unspecified atom stereocenters. The van der Waals surface area contributed by atoms with E-state index in [2.05, 4.69) is 4.98 Å². The van der Waals surface area contributed by atoms with E-state index in [4.69, 9.17) is 0 Å². The van der Waals surface area contributed by atoms with Crippen LogP contribution in [0.5, 0.6) is 0 Å². The minimum Gasteiger partial charge on any atom is -0.389 e. The maximum atomic E-state index is 12.3. The van der Waals surface area contributed by atoms with E-state index in [9.17, 15) is 19.5 Å². The molecule has 1 fully saturated rings. The summed E-state index contributed by atoms with van der Waals surface area (Å²) >= 11 is 0. The Morgan fingerprint density at radius 3 is 2.48 bits per heavy atom. The molecule has 0 aromatic carbocycles. The van der Waals surface area contributed by atoms with Gasteiger partial charge in [0.05, 0.1) is 17.4 Å². The summed E-state index contributed by atoms with van der Waals surface area (Å²) in [5.41, 5.74) is -0.818. The van der Waals surface area contributed by atoms with Gasteiger partial charge in [-0.25, -0.2) is 0 Å². The lowest BCUT2D eigenvalue weighted by Crippen LogP contribution is -2.53. The molecule has 0 bridgehead atoms. The van der Waals surface area contributed by atoms with Crippen LogP contribution in [0.2, 0.25) is 0 Å². The van der Waals surface area contributed by atoms with Crippen LogP contribution in [0.1, 0.15) is 38.7 Å². The highest BCUT2D eigenvalue weighted by Gasteiger charge is 2.53. The molecule has 0 amide bonds. The number of carbonyl (C=O) groups excluding carboxylic acids is 3. The van der Waals surface area contributed by atoms with Crippen molar-refractivity contribution >= 4 is 17.3 Å². The summed E-state index contributed by atoms with van der Waals surface area (Å²) in [5.74, 6) is -3.19. The second-order valence-electron chi connectivity index (χ2n) is 5.99. The molecule has 112 valence electrons. The fourth-order valence-electron chi connectivity index (χ4n) is 3.48. The van der Waals surface area contributed by atoms with E-state index in [1.165, 1.54) is 20.8 Å². The van der Waals surface area contributed by atoms with Crippen LogP contribution in [-0.2, 0) is 14.4 Å². The molecule has 2 rings (SSSR count). The van der Waals surface area contributed by atoms with Gasteiger partial charge in [0.2, 0.25) is 0 Å². The van der Waals surface area contributed by atoms with E-state index in [1.807, 2.05) is 0 Å². The molecule has 1 aliphatic carbocycles. The normalized spacial score (nSPS) is 32.8. The van der Waals surface area contributed by atoms with Crippen molar-refractivity contribution in [2.45, 2.75) is 38.7 Å². The van der Waals surface area contributed by atoms with Gasteiger partial charge in [-0.1, -0.05) is 6.07 Å². The Labute approximate surface area is 123 Å². The number of carbonyl (C=O) groups is 3. The number of aromatic nitrogens is 1. The van der Waals surface area contributed by atoms with Gasteiger partial charge in [0.15, 0.2) is 0 Å². The smallest absolute Gasteiger partial charge is 0.146 e. The Kier molecular flexibility index (Phi) is 4.05. The minimum absolute atomic E-state index is 0.182. The van der Waals surface area contributed by atoms with Gasteiger partial charge < -0.3 is 5.11 Å². The first kappa shape index (κ1) is 15.5. The maximum Gasteiger partial charge on any atom is 0.146 e. The van der Waals surface area contributed by atoms with E-state index in [-0.39, 0.29) is 23.8 Å². The fraction of sp³-hybridized carbons (Fsp3) is 0.500. The number of hydrogen-bond acceptors (Lipinski definition) is 5. The standard InChI is InChI=1S/C16H19NO4/c1-9(18)13-12(20)7-16(3,21)15(10(2)19)14(13)11-5-4-6-17-8-11/h4-6,8,13-15,21H,7H2,1-3H3/t13-,14-,15+,16-/m1/s1. The van der Waals surface area contributed by atoms with Crippen LogP contribution in [0.4, 0.5) is 0 Å². The molecule has 0 spiro atoms. The number of pyridine rings is 1. The molecule has 0 aliphatic heterocycles. The molecule has 1 N–H and O–H groups in total. The number of Topliss-reactive ketones (excluding diaryl/α,β-unsaturated/α-hetero) is 3. The monoisotopic (exact) mass is 289 g/mol. The Morgan fingerprint density at radius 1 is 1.33 bits per heavy atom. The Morgan fingerprint density at radius 2 is 2.00 bits per heavy atom. The quantitative estimate of drug-likeness (QED) is 0.848. The molecular weight excluding hydrogens is 270 g/mol. The fourth-order valence-corrected chi connectivity index (χ4v) is 3.48. The molecule has 1 aromatic rings. The average molecular weight is 289 g/mol. The largest absolute Gasteiger partial charge is 0.389 e. The Balaban J connectivity index is 2.61. The number of aliphatic hydroxyl groups is 1. The summed E-state index contributed by atoms with van der Waals surface area (Å²) < 4.78 is 0. The summed E-state index contributed by atoms with van der Waals surface area (Å²) in [6, 6.07) is 3.43. The molecule has 1 heterocycles. The van der Waals surface area contributed by atoms with E-state index in [0.29, 0.717) is 5.56 Å². The van der Waals surface area contributed by atoms with Crippen molar-refractivity contribution in [3.8, 4) is 0 Å². The van der Waals surface area contributed by atoms with Gasteiger partial charge in [0.1, 0.15) is 17.3 Å². The zero-order valence-electron chi connectivity index (χ0n) is 12.4. The molecule has 1 saturated carbocycles. The first-order chi connectivity index (χ1) is 9.75. The van der Waals surface area contributed by atoms with Crippen LogP contribution in [0, 0.1) is 11.8 Å². The number of nitrogens with zero attached hydrogens (tertiary/aromatic N) is 1. The number of rotatable bonds is 3. The molecule has 5 nitrogen and oxygen atoms in total. The lowest BCUT2D eigenvalue weighted by molar-refractivity contribution is -0.151. The SMILES string of the molecule is CC(=O)[C@@H]1C(=O)C[C@@](C)(O)[C@@H](C(C)=O)[C@@H]1c1cccnc1. The van der Waals surface area contributed by atoms with Gasteiger partial charge in [0.25, 0.3) is 0 Å². The minimum atomic E-state index is -1.45. The average Bonchev–Trinajstić information content (AvgIpc) is 2.36. The predicted molar refractivity (Wildman–Crippen MR) is 75.6 cm³/mol. The molecule has 1 aromatic heterocycles. The van der Waals surface area contributed by atoms with Crippen molar-refractivity contribution in [2.75, 3.05) is 0 Å². The lowest BCUT2D eigenvalue weighted by Gasteiger charge is -2.44. The number of hydrogen-bond donors (Lipinski definition) is 1. The highest BCUT2D eigenvalue weighted by Crippen LogP contribution is 2.46. The van der Waals surface area contributed by atoms with Gasteiger partial charge in [-0.3, -0.25) is 19.4 Å². The molecule has 0 radical (unpaired) electrons. The van der Waals surface area contributed by atoms with E-state index < -0.39 is 23.4 Å². The van der Waals surface area contributed by atoms with Crippen LogP contribution < -0.4 is 0 Å².